The molecule has 0 aliphatic carbocycles. The third-order valence-electron chi connectivity index (χ3n) is 5.85. The molecular weight excluding hydrogens is 514 g/mol. The standard InChI is InChI=1S/C22H25N3O7S3/c1-31-17-8-9-18(32-2)20-19(17)23-22(33-20)24-21(26)14-10-12-25(13-11-14)35(29,30)16-6-4-15(5-7-16)34(3,27)28/h4-9,14H,10-13H2,1-3H3,(H,23,24,26). The minimum Gasteiger partial charge on any atom is -0.495 e. The quantitative estimate of drug-likeness (QED) is 0.485. The first-order chi connectivity index (χ1) is 16.5. The molecule has 1 aliphatic heterocycles. The minimum absolute atomic E-state index is 0.0187. The van der Waals surface area contributed by atoms with Crippen molar-refractivity contribution >= 4 is 52.5 Å². The first-order valence-corrected chi connectivity index (χ1v) is 14.8. The SMILES string of the molecule is COc1ccc(OC)c2sc(NC(=O)C3CCN(S(=O)(=O)c4ccc(S(C)(=O)=O)cc4)CC3)nc12. The lowest BCUT2D eigenvalue weighted by Gasteiger charge is -2.30. The molecule has 35 heavy (non-hydrogen) atoms. The molecule has 4 rings (SSSR count). The molecule has 1 amide bonds. The Morgan fingerprint density at radius 1 is 0.971 bits per heavy atom. The van der Waals surface area contributed by atoms with Crippen molar-refractivity contribution in [2.45, 2.75) is 22.6 Å². The lowest BCUT2D eigenvalue weighted by atomic mass is 9.97. The number of nitrogens with one attached hydrogen (secondary N) is 1. The van der Waals surface area contributed by atoms with Gasteiger partial charge < -0.3 is 14.8 Å². The van der Waals surface area contributed by atoms with Crippen molar-refractivity contribution < 1.29 is 31.1 Å². The number of methoxy groups -OCH3 is 2. The first-order valence-electron chi connectivity index (χ1n) is 10.7. The van der Waals surface area contributed by atoms with Crippen LogP contribution in [-0.2, 0) is 24.7 Å². The number of rotatable bonds is 7. The highest BCUT2D eigenvalue weighted by Crippen LogP contribution is 2.39. The van der Waals surface area contributed by atoms with E-state index >= 15 is 0 Å². The molecule has 1 aliphatic rings. The minimum atomic E-state index is -3.80. The van der Waals surface area contributed by atoms with E-state index in [0.717, 1.165) is 11.0 Å². The number of carbonyl (C=O) groups is 1. The number of sulfone groups is 1. The second-order valence-corrected chi connectivity index (χ2v) is 13.0. The van der Waals surface area contributed by atoms with Gasteiger partial charge in [-0.2, -0.15) is 4.31 Å². The summed E-state index contributed by atoms with van der Waals surface area (Å²) in [5.41, 5.74) is 0.593. The van der Waals surface area contributed by atoms with E-state index in [4.69, 9.17) is 9.47 Å². The van der Waals surface area contributed by atoms with E-state index in [-0.39, 0.29) is 34.7 Å². The van der Waals surface area contributed by atoms with Crippen molar-refractivity contribution in [1.29, 1.82) is 0 Å². The number of anilines is 1. The molecule has 2 aromatic carbocycles. The lowest BCUT2D eigenvalue weighted by Crippen LogP contribution is -2.41. The molecule has 2 heterocycles. The molecular formula is C22H25N3O7S3. The van der Waals surface area contributed by atoms with Crippen molar-refractivity contribution in [3.8, 4) is 11.5 Å². The zero-order chi connectivity index (χ0) is 25.4. The number of amides is 1. The normalized spacial score (nSPS) is 15.7. The number of benzene rings is 2. The summed E-state index contributed by atoms with van der Waals surface area (Å²) in [6.07, 6.45) is 1.77. The second kappa shape index (κ2) is 9.72. The van der Waals surface area contributed by atoms with Crippen LogP contribution < -0.4 is 14.8 Å². The summed E-state index contributed by atoms with van der Waals surface area (Å²) in [5, 5.41) is 3.25. The van der Waals surface area contributed by atoms with Gasteiger partial charge in [-0.1, -0.05) is 11.3 Å². The van der Waals surface area contributed by atoms with Crippen LogP contribution in [0.4, 0.5) is 5.13 Å². The lowest BCUT2D eigenvalue weighted by molar-refractivity contribution is -0.120. The number of piperidine rings is 1. The molecule has 0 unspecified atom stereocenters. The summed E-state index contributed by atoms with van der Waals surface area (Å²) < 4.78 is 62.0. The number of hydrogen-bond acceptors (Lipinski definition) is 9. The van der Waals surface area contributed by atoms with E-state index in [1.165, 1.54) is 39.9 Å². The Morgan fingerprint density at radius 2 is 1.54 bits per heavy atom. The van der Waals surface area contributed by atoms with Crippen LogP contribution in [0.1, 0.15) is 12.8 Å². The van der Waals surface area contributed by atoms with E-state index in [1.807, 2.05) is 0 Å². The van der Waals surface area contributed by atoms with Crippen LogP contribution in [0.2, 0.25) is 0 Å². The van der Waals surface area contributed by atoms with Crippen LogP contribution in [0.15, 0.2) is 46.2 Å². The van der Waals surface area contributed by atoms with Gasteiger partial charge in [-0.25, -0.2) is 21.8 Å². The Morgan fingerprint density at radius 3 is 2.11 bits per heavy atom. The number of hydrogen-bond donors (Lipinski definition) is 1. The second-order valence-electron chi connectivity index (χ2n) is 8.08. The molecule has 1 fully saturated rings. The Kier molecular flexibility index (Phi) is 7.04. The molecule has 0 saturated carbocycles. The molecule has 0 spiro atoms. The van der Waals surface area contributed by atoms with Gasteiger partial charge in [0.1, 0.15) is 21.7 Å². The highest BCUT2D eigenvalue weighted by molar-refractivity contribution is 7.90. The maximum atomic E-state index is 13.0. The number of fused-ring (bicyclic) bond motifs is 1. The van der Waals surface area contributed by atoms with Crippen molar-refractivity contribution in [3.05, 3.63) is 36.4 Å². The van der Waals surface area contributed by atoms with E-state index in [2.05, 4.69) is 10.3 Å². The Bertz CT molecular complexity index is 1420. The third kappa shape index (κ3) is 5.13. The molecule has 0 atom stereocenters. The molecule has 3 aromatic rings. The van der Waals surface area contributed by atoms with Crippen LogP contribution in [0.25, 0.3) is 10.2 Å². The summed E-state index contributed by atoms with van der Waals surface area (Å²) in [7, 11) is -4.12. The van der Waals surface area contributed by atoms with E-state index < -0.39 is 19.9 Å². The van der Waals surface area contributed by atoms with Gasteiger partial charge >= 0.3 is 0 Å². The number of carbonyl (C=O) groups excluding carboxylic acids is 1. The fourth-order valence-electron chi connectivity index (χ4n) is 3.91. The predicted octanol–water partition coefficient (Wildman–Crippen LogP) is 2.76. The fraction of sp³-hybridized carbons (Fsp3) is 0.364. The van der Waals surface area contributed by atoms with Crippen molar-refractivity contribution in [2.75, 3.05) is 38.9 Å². The monoisotopic (exact) mass is 539 g/mol. The maximum absolute atomic E-state index is 13.0. The highest BCUT2D eigenvalue weighted by atomic mass is 32.2. The van der Waals surface area contributed by atoms with E-state index in [1.54, 1.807) is 26.4 Å². The molecule has 1 N–H and O–H groups in total. The number of ether oxygens (including phenoxy) is 2. The number of thiazole rings is 1. The van der Waals surface area contributed by atoms with Crippen molar-refractivity contribution in [1.82, 2.24) is 9.29 Å². The molecule has 0 radical (unpaired) electrons. The Balaban J connectivity index is 1.43. The zero-order valence-corrected chi connectivity index (χ0v) is 21.8. The third-order valence-corrected chi connectivity index (χ3v) is 9.88. The summed E-state index contributed by atoms with van der Waals surface area (Å²) in [4.78, 5) is 17.4. The van der Waals surface area contributed by atoms with Gasteiger partial charge in [0.05, 0.1) is 24.0 Å². The van der Waals surface area contributed by atoms with Gasteiger partial charge in [-0.3, -0.25) is 4.79 Å². The zero-order valence-electron chi connectivity index (χ0n) is 19.3. The van der Waals surface area contributed by atoms with Gasteiger partial charge in [0.25, 0.3) is 0 Å². The number of nitrogens with zero attached hydrogens (tertiary/aromatic N) is 2. The summed E-state index contributed by atoms with van der Waals surface area (Å²) in [5.74, 6) is 0.601. The van der Waals surface area contributed by atoms with Crippen LogP contribution in [-0.4, -0.2) is 65.6 Å². The van der Waals surface area contributed by atoms with Crippen LogP contribution in [0, 0.1) is 5.92 Å². The molecule has 1 saturated heterocycles. The van der Waals surface area contributed by atoms with Crippen molar-refractivity contribution in [2.24, 2.45) is 5.92 Å². The van der Waals surface area contributed by atoms with Gasteiger partial charge in [0.15, 0.2) is 15.0 Å². The Labute approximate surface area is 207 Å². The number of sulfonamides is 1. The van der Waals surface area contributed by atoms with E-state index in [0.29, 0.717) is 35.0 Å². The summed E-state index contributed by atoms with van der Waals surface area (Å²) in [6.45, 7) is 0.353. The van der Waals surface area contributed by atoms with Crippen LogP contribution in [0.5, 0.6) is 11.5 Å². The largest absolute Gasteiger partial charge is 0.495 e. The average molecular weight is 540 g/mol. The topological polar surface area (TPSA) is 132 Å². The van der Waals surface area contributed by atoms with E-state index in [9.17, 15) is 21.6 Å². The van der Waals surface area contributed by atoms with Gasteiger partial charge in [0.2, 0.25) is 15.9 Å². The summed E-state index contributed by atoms with van der Waals surface area (Å²) >= 11 is 1.28. The van der Waals surface area contributed by atoms with Crippen LogP contribution >= 0.6 is 11.3 Å². The molecule has 13 heteroatoms. The first kappa shape index (κ1) is 25.4. The number of aromatic nitrogens is 1. The molecule has 10 nitrogen and oxygen atoms in total. The average Bonchev–Trinajstić information content (AvgIpc) is 3.26. The predicted molar refractivity (Wildman–Crippen MR) is 132 cm³/mol. The van der Waals surface area contributed by atoms with Crippen LogP contribution in [0.3, 0.4) is 0 Å². The molecule has 0 bridgehead atoms. The molecule has 1 aromatic heterocycles. The van der Waals surface area contributed by atoms with Gasteiger partial charge in [-0.05, 0) is 49.2 Å². The van der Waals surface area contributed by atoms with Gasteiger partial charge in [-0.15, -0.1) is 0 Å². The van der Waals surface area contributed by atoms with Crippen molar-refractivity contribution in [3.63, 3.8) is 0 Å². The highest BCUT2D eigenvalue weighted by Gasteiger charge is 2.32. The van der Waals surface area contributed by atoms with Gasteiger partial charge in [0, 0.05) is 25.3 Å². The fourth-order valence-corrected chi connectivity index (χ4v) is 6.99. The molecule has 188 valence electrons. The maximum Gasteiger partial charge on any atom is 0.243 e. The summed E-state index contributed by atoms with van der Waals surface area (Å²) in [6, 6.07) is 8.67. The smallest absolute Gasteiger partial charge is 0.243 e. The Hall–Kier alpha value is -2.74.